The SMILES string of the molecule is C#CC=CC(C)CNC(=O)OC(C)(C)C. The van der Waals surface area contributed by atoms with Crippen LogP contribution >= 0.6 is 0 Å². The van der Waals surface area contributed by atoms with E-state index in [2.05, 4.69) is 11.2 Å². The smallest absolute Gasteiger partial charge is 0.407 e. The molecule has 15 heavy (non-hydrogen) atoms. The highest BCUT2D eigenvalue weighted by atomic mass is 16.6. The van der Waals surface area contributed by atoms with E-state index in [1.54, 1.807) is 6.08 Å². The number of terminal acetylenes is 1. The van der Waals surface area contributed by atoms with Crippen molar-refractivity contribution in [2.75, 3.05) is 6.54 Å². The topological polar surface area (TPSA) is 38.3 Å². The monoisotopic (exact) mass is 209 g/mol. The first kappa shape index (κ1) is 13.6. The Kier molecular flexibility index (Phi) is 5.54. The molecule has 0 fully saturated rings. The second kappa shape index (κ2) is 6.13. The highest BCUT2D eigenvalue weighted by Crippen LogP contribution is 2.06. The summed E-state index contributed by atoms with van der Waals surface area (Å²) >= 11 is 0. The molecule has 1 N–H and O–H groups in total. The van der Waals surface area contributed by atoms with Gasteiger partial charge in [0.25, 0.3) is 0 Å². The van der Waals surface area contributed by atoms with Gasteiger partial charge in [0.15, 0.2) is 0 Å². The number of allylic oxidation sites excluding steroid dienone is 1. The van der Waals surface area contributed by atoms with E-state index in [1.165, 1.54) is 0 Å². The lowest BCUT2D eigenvalue weighted by molar-refractivity contribution is 0.0523. The summed E-state index contributed by atoms with van der Waals surface area (Å²) < 4.78 is 5.08. The van der Waals surface area contributed by atoms with Crippen LogP contribution in [0.2, 0.25) is 0 Å². The lowest BCUT2D eigenvalue weighted by Crippen LogP contribution is -2.34. The van der Waals surface area contributed by atoms with Crippen molar-refractivity contribution in [3.63, 3.8) is 0 Å². The zero-order valence-corrected chi connectivity index (χ0v) is 9.83. The predicted octanol–water partition coefficient (Wildman–Crippen LogP) is 2.34. The van der Waals surface area contributed by atoms with Crippen molar-refractivity contribution < 1.29 is 9.53 Å². The molecule has 0 saturated heterocycles. The highest BCUT2D eigenvalue weighted by molar-refractivity contribution is 5.67. The lowest BCUT2D eigenvalue weighted by Gasteiger charge is -2.20. The van der Waals surface area contributed by atoms with Gasteiger partial charge >= 0.3 is 6.09 Å². The number of alkyl carbamates (subject to hydrolysis) is 1. The number of carbonyl (C=O) groups is 1. The van der Waals surface area contributed by atoms with Crippen molar-refractivity contribution in [2.24, 2.45) is 5.92 Å². The first-order chi connectivity index (χ1) is 6.85. The first-order valence-corrected chi connectivity index (χ1v) is 4.95. The van der Waals surface area contributed by atoms with Crippen LogP contribution in [0.15, 0.2) is 12.2 Å². The van der Waals surface area contributed by atoms with E-state index >= 15 is 0 Å². The van der Waals surface area contributed by atoms with Gasteiger partial charge in [0, 0.05) is 6.54 Å². The summed E-state index contributed by atoms with van der Waals surface area (Å²) in [7, 11) is 0. The molecule has 0 heterocycles. The average molecular weight is 209 g/mol. The van der Waals surface area contributed by atoms with E-state index in [-0.39, 0.29) is 5.92 Å². The maximum atomic E-state index is 11.2. The van der Waals surface area contributed by atoms with Crippen LogP contribution in [0.3, 0.4) is 0 Å². The van der Waals surface area contributed by atoms with Crippen LogP contribution < -0.4 is 5.32 Å². The summed E-state index contributed by atoms with van der Waals surface area (Å²) in [4.78, 5) is 11.2. The maximum Gasteiger partial charge on any atom is 0.407 e. The minimum absolute atomic E-state index is 0.202. The molecule has 0 aliphatic heterocycles. The molecule has 0 radical (unpaired) electrons. The molecule has 3 heteroatoms. The molecule has 84 valence electrons. The standard InChI is InChI=1S/C12H19NO2/c1-6-7-8-10(2)9-13-11(14)15-12(3,4)5/h1,7-8,10H,9H2,2-5H3,(H,13,14). The third-order valence-electron chi connectivity index (χ3n) is 1.49. The summed E-state index contributed by atoms with van der Waals surface area (Å²) in [5, 5.41) is 2.67. The zero-order chi connectivity index (χ0) is 11.9. The predicted molar refractivity (Wildman–Crippen MR) is 61.4 cm³/mol. The van der Waals surface area contributed by atoms with Gasteiger partial charge in [0.05, 0.1) is 0 Å². The Bertz CT molecular complexity index is 268. The molecule has 0 aromatic heterocycles. The van der Waals surface area contributed by atoms with Gasteiger partial charge in [0.2, 0.25) is 0 Å². The average Bonchev–Trinajstić information content (AvgIpc) is 2.08. The molecule has 0 aliphatic rings. The molecule has 0 aromatic rings. The Hall–Kier alpha value is -1.43. The van der Waals surface area contributed by atoms with Crippen LogP contribution in [-0.2, 0) is 4.74 Å². The van der Waals surface area contributed by atoms with Crippen molar-refractivity contribution in [3.8, 4) is 12.3 Å². The van der Waals surface area contributed by atoms with Crippen molar-refractivity contribution in [3.05, 3.63) is 12.2 Å². The van der Waals surface area contributed by atoms with Gasteiger partial charge in [-0.15, -0.1) is 6.42 Å². The van der Waals surface area contributed by atoms with Gasteiger partial charge < -0.3 is 10.1 Å². The van der Waals surface area contributed by atoms with Gasteiger partial charge in [-0.25, -0.2) is 4.79 Å². The first-order valence-electron chi connectivity index (χ1n) is 4.95. The maximum absolute atomic E-state index is 11.2. The van der Waals surface area contributed by atoms with Gasteiger partial charge in [-0.1, -0.05) is 18.9 Å². The fourth-order valence-electron chi connectivity index (χ4n) is 0.846. The Morgan fingerprint density at radius 3 is 2.67 bits per heavy atom. The lowest BCUT2D eigenvalue weighted by atomic mass is 10.1. The summed E-state index contributed by atoms with van der Waals surface area (Å²) in [6, 6.07) is 0. The third-order valence-corrected chi connectivity index (χ3v) is 1.49. The number of ether oxygens (including phenoxy) is 1. The molecular weight excluding hydrogens is 190 g/mol. The molecule has 0 saturated carbocycles. The molecular formula is C12H19NO2. The largest absolute Gasteiger partial charge is 0.444 e. The molecule has 3 nitrogen and oxygen atoms in total. The van der Waals surface area contributed by atoms with Crippen molar-refractivity contribution in [1.29, 1.82) is 0 Å². The molecule has 1 unspecified atom stereocenters. The van der Waals surface area contributed by atoms with Gasteiger partial charge in [0.1, 0.15) is 5.60 Å². The van der Waals surface area contributed by atoms with E-state index in [0.717, 1.165) is 0 Å². The number of carbonyl (C=O) groups excluding carboxylic acids is 1. The van der Waals surface area contributed by atoms with Crippen LogP contribution in [0.25, 0.3) is 0 Å². The normalized spacial score (nSPS) is 13.3. The third kappa shape index (κ3) is 8.89. The van der Waals surface area contributed by atoms with Crippen LogP contribution in [0, 0.1) is 18.3 Å². The van der Waals surface area contributed by atoms with Gasteiger partial charge in [-0.05, 0) is 32.8 Å². The molecule has 0 spiro atoms. The summed E-state index contributed by atoms with van der Waals surface area (Å²) in [5.41, 5.74) is -0.456. The number of nitrogens with one attached hydrogen (secondary N) is 1. The molecule has 0 aliphatic carbocycles. The zero-order valence-electron chi connectivity index (χ0n) is 9.83. The summed E-state index contributed by atoms with van der Waals surface area (Å²) in [5.74, 6) is 2.60. The van der Waals surface area contributed by atoms with E-state index in [1.807, 2.05) is 33.8 Å². The van der Waals surface area contributed by atoms with Crippen LogP contribution in [-0.4, -0.2) is 18.2 Å². The van der Waals surface area contributed by atoms with E-state index in [9.17, 15) is 4.79 Å². The van der Waals surface area contributed by atoms with Crippen molar-refractivity contribution in [1.82, 2.24) is 5.32 Å². The molecule has 0 aromatic carbocycles. The fourth-order valence-corrected chi connectivity index (χ4v) is 0.846. The summed E-state index contributed by atoms with van der Waals surface area (Å²) in [6.45, 7) is 7.97. The van der Waals surface area contributed by atoms with Crippen LogP contribution in [0.4, 0.5) is 4.79 Å². The molecule has 1 amide bonds. The van der Waals surface area contributed by atoms with Crippen LogP contribution in [0.1, 0.15) is 27.7 Å². The van der Waals surface area contributed by atoms with E-state index in [4.69, 9.17) is 11.2 Å². The number of rotatable bonds is 3. The number of hydrogen-bond donors (Lipinski definition) is 1. The Balaban J connectivity index is 3.82. The molecule has 0 rings (SSSR count). The quantitative estimate of drug-likeness (QED) is 0.724. The second-order valence-corrected chi connectivity index (χ2v) is 4.39. The minimum Gasteiger partial charge on any atom is -0.444 e. The molecule has 1 atom stereocenters. The number of hydrogen-bond acceptors (Lipinski definition) is 2. The Morgan fingerprint density at radius 2 is 2.20 bits per heavy atom. The minimum atomic E-state index is -0.456. The Labute approximate surface area is 91.9 Å². The summed E-state index contributed by atoms with van der Waals surface area (Å²) in [6.07, 6.45) is 8.15. The Morgan fingerprint density at radius 1 is 1.60 bits per heavy atom. The van der Waals surface area contributed by atoms with E-state index < -0.39 is 11.7 Å². The second-order valence-electron chi connectivity index (χ2n) is 4.39. The van der Waals surface area contributed by atoms with Crippen LogP contribution in [0.5, 0.6) is 0 Å². The van der Waals surface area contributed by atoms with E-state index in [0.29, 0.717) is 6.54 Å². The molecule has 0 bridgehead atoms. The highest BCUT2D eigenvalue weighted by Gasteiger charge is 2.15. The van der Waals surface area contributed by atoms with Crippen molar-refractivity contribution >= 4 is 6.09 Å². The van der Waals surface area contributed by atoms with Crippen molar-refractivity contribution in [2.45, 2.75) is 33.3 Å². The van der Waals surface area contributed by atoms with Gasteiger partial charge in [-0.2, -0.15) is 0 Å². The number of amides is 1. The van der Waals surface area contributed by atoms with Gasteiger partial charge in [-0.3, -0.25) is 0 Å². The fraction of sp³-hybridized carbons (Fsp3) is 0.583.